The molecule has 2 atom stereocenters. The topological polar surface area (TPSA) is 157 Å². The Labute approximate surface area is 254 Å². The molecule has 43 heavy (non-hydrogen) atoms. The summed E-state index contributed by atoms with van der Waals surface area (Å²) in [6, 6.07) is 7.86. The number of nitrogens with zero attached hydrogens (tertiary/aromatic N) is 3. The SMILES string of the molecule is CC(C)C[C@@H](NC(=O)CNC(=O)[C@H](N)Cc1ccccc1)C(=O)NCC(=O)N1CCC2(CC1)CN(C(=O)N1CCCC1)C2. The first-order valence-corrected chi connectivity index (χ1v) is 15.5. The first-order chi connectivity index (χ1) is 20.5. The Balaban J connectivity index is 1.16. The highest BCUT2D eigenvalue weighted by molar-refractivity contribution is 5.92. The summed E-state index contributed by atoms with van der Waals surface area (Å²) in [6.45, 7) is 7.79. The highest BCUT2D eigenvalue weighted by atomic mass is 16.2. The lowest BCUT2D eigenvalue weighted by Crippen LogP contribution is -2.64. The van der Waals surface area contributed by atoms with Gasteiger partial charge in [-0.1, -0.05) is 44.2 Å². The van der Waals surface area contributed by atoms with Gasteiger partial charge < -0.3 is 36.4 Å². The van der Waals surface area contributed by atoms with Crippen LogP contribution in [0.3, 0.4) is 0 Å². The number of nitrogens with two attached hydrogens (primary N) is 1. The Morgan fingerprint density at radius 1 is 0.837 bits per heavy atom. The Kier molecular flexibility index (Phi) is 11.0. The largest absolute Gasteiger partial charge is 0.346 e. The molecule has 3 aliphatic rings. The van der Waals surface area contributed by atoms with Crippen LogP contribution in [0.1, 0.15) is 51.5 Å². The first-order valence-electron chi connectivity index (χ1n) is 15.5. The van der Waals surface area contributed by atoms with Crippen LogP contribution in [0.5, 0.6) is 0 Å². The van der Waals surface area contributed by atoms with E-state index in [4.69, 9.17) is 5.73 Å². The molecule has 0 aromatic heterocycles. The Morgan fingerprint density at radius 3 is 2.09 bits per heavy atom. The van der Waals surface area contributed by atoms with Crippen molar-refractivity contribution < 1.29 is 24.0 Å². The number of carbonyl (C=O) groups is 5. The smallest absolute Gasteiger partial charge is 0.320 e. The Bertz CT molecular complexity index is 1140. The number of benzene rings is 1. The van der Waals surface area contributed by atoms with Gasteiger partial charge in [-0.3, -0.25) is 19.2 Å². The van der Waals surface area contributed by atoms with Crippen molar-refractivity contribution in [2.75, 3.05) is 52.4 Å². The number of amides is 6. The quantitative estimate of drug-likeness (QED) is 0.290. The van der Waals surface area contributed by atoms with Crippen LogP contribution < -0.4 is 21.7 Å². The molecule has 12 nitrogen and oxygen atoms in total. The highest BCUT2D eigenvalue weighted by Gasteiger charge is 2.48. The van der Waals surface area contributed by atoms with Crippen LogP contribution in [0.4, 0.5) is 4.79 Å². The van der Waals surface area contributed by atoms with E-state index in [1.165, 1.54) is 0 Å². The van der Waals surface area contributed by atoms with Gasteiger partial charge in [-0.05, 0) is 50.0 Å². The first kappa shape index (κ1) is 32.2. The van der Waals surface area contributed by atoms with Gasteiger partial charge in [0.05, 0.1) is 19.1 Å². The summed E-state index contributed by atoms with van der Waals surface area (Å²) in [6.07, 6.45) is 4.55. The van der Waals surface area contributed by atoms with Gasteiger partial charge in [-0.2, -0.15) is 0 Å². The van der Waals surface area contributed by atoms with Crippen LogP contribution in [0.25, 0.3) is 0 Å². The van der Waals surface area contributed by atoms with Crippen molar-refractivity contribution in [1.82, 2.24) is 30.7 Å². The van der Waals surface area contributed by atoms with E-state index >= 15 is 0 Å². The van der Waals surface area contributed by atoms with E-state index in [1.54, 1.807) is 4.90 Å². The molecular formula is C31H47N7O5. The fourth-order valence-electron chi connectivity index (χ4n) is 6.16. The van der Waals surface area contributed by atoms with E-state index in [2.05, 4.69) is 16.0 Å². The van der Waals surface area contributed by atoms with Crippen molar-refractivity contribution in [1.29, 1.82) is 0 Å². The zero-order chi connectivity index (χ0) is 31.0. The molecule has 6 amide bonds. The molecule has 0 radical (unpaired) electrons. The van der Waals surface area contributed by atoms with Crippen LogP contribution in [0.2, 0.25) is 0 Å². The maximum absolute atomic E-state index is 13.0. The normalized spacial score (nSPS) is 19.0. The van der Waals surface area contributed by atoms with Crippen LogP contribution >= 0.6 is 0 Å². The molecule has 3 saturated heterocycles. The van der Waals surface area contributed by atoms with Gasteiger partial charge in [-0.15, -0.1) is 0 Å². The zero-order valence-corrected chi connectivity index (χ0v) is 25.5. The molecule has 3 heterocycles. The Morgan fingerprint density at radius 2 is 1.47 bits per heavy atom. The number of likely N-dealkylation sites (tertiary alicyclic amines) is 3. The van der Waals surface area contributed by atoms with Gasteiger partial charge >= 0.3 is 6.03 Å². The van der Waals surface area contributed by atoms with E-state index in [-0.39, 0.29) is 36.4 Å². The number of piperidine rings is 1. The molecule has 0 saturated carbocycles. The summed E-state index contributed by atoms with van der Waals surface area (Å²) in [5.41, 5.74) is 6.99. The number of hydrogen-bond donors (Lipinski definition) is 4. The van der Waals surface area contributed by atoms with Gasteiger partial charge in [-0.25, -0.2) is 4.79 Å². The maximum atomic E-state index is 13.0. The van der Waals surface area contributed by atoms with Crippen molar-refractivity contribution in [3.05, 3.63) is 35.9 Å². The summed E-state index contributed by atoms with van der Waals surface area (Å²) in [5.74, 6) is -1.46. The molecule has 1 spiro atoms. The molecule has 0 aliphatic carbocycles. The number of carbonyl (C=O) groups excluding carboxylic acids is 5. The average Bonchev–Trinajstić information content (AvgIpc) is 3.52. The molecule has 3 aliphatic heterocycles. The molecule has 12 heteroatoms. The minimum Gasteiger partial charge on any atom is -0.346 e. The fourth-order valence-corrected chi connectivity index (χ4v) is 6.16. The van der Waals surface area contributed by atoms with Crippen LogP contribution in [0, 0.1) is 11.3 Å². The summed E-state index contributed by atoms with van der Waals surface area (Å²) in [5, 5.41) is 7.92. The maximum Gasteiger partial charge on any atom is 0.320 e. The van der Waals surface area contributed by atoms with Gasteiger partial charge in [0.25, 0.3) is 0 Å². The molecule has 3 fully saturated rings. The van der Waals surface area contributed by atoms with Crippen molar-refractivity contribution in [2.45, 2.75) is 64.5 Å². The second-order valence-electron chi connectivity index (χ2n) is 12.7. The number of rotatable bonds is 11. The molecule has 0 unspecified atom stereocenters. The number of nitrogens with one attached hydrogen (secondary N) is 3. The van der Waals surface area contributed by atoms with Crippen molar-refractivity contribution >= 4 is 29.7 Å². The Hall–Kier alpha value is -3.67. The fraction of sp³-hybridized carbons (Fsp3) is 0.645. The van der Waals surface area contributed by atoms with E-state index in [9.17, 15) is 24.0 Å². The molecular weight excluding hydrogens is 550 g/mol. The summed E-state index contributed by atoms with van der Waals surface area (Å²) >= 11 is 0. The van der Waals surface area contributed by atoms with Crippen molar-refractivity contribution in [3.63, 3.8) is 0 Å². The predicted octanol–water partition coefficient (Wildman–Crippen LogP) is 0.460. The van der Waals surface area contributed by atoms with E-state index in [0.717, 1.165) is 57.4 Å². The van der Waals surface area contributed by atoms with E-state index < -0.39 is 29.8 Å². The second kappa shape index (κ2) is 14.7. The highest BCUT2D eigenvalue weighted by Crippen LogP contribution is 2.41. The van der Waals surface area contributed by atoms with E-state index in [1.807, 2.05) is 54.0 Å². The van der Waals surface area contributed by atoms with Crippen molar-refractivity contribution in [2.24, 2.45) is 17.1 Å². The lowest BCUT2D eigenvalue weighted by atomic mass is 9.72. The lowest BCUT2D eigenvalue weighted by molar-refractivity contribution is -0.137. The van der Waals surface area contributed by atoms with Crippen LogP contribution in [-0.2, 0) is 25.6 Å². The summed E-state index contributed by atoms with van der Waals surface area (Å²) in [4.78, 5) is 69.1. The van der Waals surface area contributed by atoms with Crippen molar-refractivity contribution in [3.8, 4) is 0 Å². The summed E-state index contributed by atoms with van der Waals surface area (Å²) in [7, 11) is 0. The molecule has 1 aromatic rings. The predicted molar refractivity (Wildman–Crippen MR) is 162 cm³/mol. The minimum atomic E-state index is -0.839. The number of urea groups is 1. The lowest BCUT2D eigenvalue weighted by Gasteiger charge is -2.54. The second-order valence-corrected chi connectivity index (χ2v) is 12.7. The van der Waals surface area contributed by atoms with E-state index in [0.29, 0.717) is 25.9 Å². The third-order valence-corrected chi connectivity index (χ3v) is 8.71. The molecule has 1 aromatic carbocycles. The van der Waals surface area contributed by atoms with Gasteiger partial charge in [0, 0.05) is 44.7 Å². The zero-order valence-electron chi connectivity index (χ0n) is 25.5. The molecule has 5 N–H and O–H groups in total. The van der Waals surface area contributed by atoms with Gasteiger partial charge in [0.2, 0.25) is 23.6 Å². The van der Waals surface area contributed by atoms with Gasteiger partial charge in [0.15, 0.2) is 0 Å². The molecule has 4 rings (SSSR count). The summed E-state index contributed by atoms with van der Waals surface area (Å²) < 4.78 is 0. The van der Waals surface area contributed by atoms with Gasteiger partial charge in [0.1, 0.15) is 6.04 Å². The third kappa shape index (κ3) is 8.92. The standard InChI is InChI=1S/C31H47N7O5/c1-22(2)16-25(35-26(39)18-33-28(41)24(32)17-23-8-4-3-5-9-23)29(42)34-19-27(40)36-14-10-31(11-15-36)20-38(21-31)30(43)37-12-6-7-13-37/h3-5,8-9,22,24-25H,6-7,10-21,32H2,1-2H3,(H,33,41)(H,34,42)(H,35,39)/t24-,25-/m1/s1. The third-order valence-electron chi connectivity index (χ3n) is 8.71. The van der Waals surface area contributed by atoms with Crippen LogP contribution in [0.15, 0.2) is 30.3 Å². The van der Waals surface area contributed by atoms with Crippen LogP contribution in [-0.4, -0.2) is 109 Å². The molecule has 236 valence electrons. The monoisotopic (exact) mass is 597 g/mol. The molecule has 0 bridgehead atoms. The average molecular weight is 598 g/mol. The minimum absolute atomic E-state index is 0.0862. The number of hydrogen-bond acceptors (Lipinski definition) is 6.